The van der Waals surface area contributed by atoms with Crippen LogP contribution in [0.4, 0.5) is 0 Å². The van der Waals surface area contributed by atoms with Crippen LogP contribution in [0.1, 0.15) is 36.8 Å². The predicted molar refractivity (Wildman–Crippen MR) is 101 cm³/mol. The highest BCUT2D eigenvalue weighted by Gasteiger charge is 2.22. The molecule has 1 N–H and O–H groups in total. The molecule has 1 aromatic carbocycles. The lowest BCUT2D eigenvalue weighted by Gasteiger charge is -2.20. The fraction of sp³-hybridized carbons (Fsp3) is 0.368. The molecule has 0 saturated carbocycles. The number of benzene rings is 1. The minimum atomic E-state index is -3.61. The number of nitrogens with zero attached hydrogens (tertiary/aromatic N) is 2. The smallest absolute Gasteiger partial charge is 0.253 e. The van der Waals surface area contributed by atoms with Crippen molar-refractivity contribution in [3.8, 4) is 0 Å². The second-order valence-electron chi connectivity index (χ2n) is 7.18. The molecular formula is C19H25N3O3S. The van der Waals surface area contributed by atoms with Gasteiger partial charge in [-0.2, -0.15) is 0 Å². The van der Waals surface area contributed by atoms with Crippen LogP contribution in [-0.2, 0) is 16.4 Å². The van der Waals surface area contributed by atoms with Crippen molar-refractivity contribution in [2.75, 3.05) is 13.6 Å². The molecule has 0 bridgehead atoms. The summed E-state index contributed by atoms with van der Waals surface area (Å²) in [6.45, 7) is 5.86. The van der Waals surface area contributed by atoms with Gasteiger partial charge in [0.25, 0.3) is 5.91 Å². The maximum atomic E-state index is 12.5. The number of aromatic nitrogens is 1. The second-order valence-corrected chi connectivity index (χ2v) is 8.86. The molecule has 1 amide bonds. The molecule has 0 aliphatic rings. The van der Waals surface area contributed by atoms with Crippen LogP contribution in [0, 0.1) is 0 Å². The van der Waals surface area contributed by atoms with Gasteiger partial charge in [-0.15, -0.1) is 0 Å². The molecule has 0 atom stereocenters. The topological polar surface area (TPSA) is 79.4 Å². The van der Waals surface area contributed by atoms with E-state index < -0.39 is 15.6 Å². The molecule has 1 aromatic heterocycles. The van der Waals surface area contributed by atoms with Crippen LogP contribution in [0.3, 0.4) is 0 Å². The van der Waals surface area contributed by atoms with Gasteiger partial charge in [-0.3, -0.25) is 9.78 Å². The van der Waals surface area contributed by atoms with Gasteiger partial charge in [-0.05, 0) is 57.2 Å². The van der Waals surface area contributed by atoms with Crippen molar-refractivity contribution in [1.82, 2.24) is 14.6 Å². The van der Waals surface area contributed by atoms with Gasteiger partial charge < -0.3 is 4.90 Å². The number of hydrogen-bond acceptors (Lipinski definition) is 4. The zero-order chi connectivity index (χ0) is 19.4. The molecule has 2 aromatic rings. The Balaban J connectivity index is 2.04. The zero-order valence-corrected chi connectivity index (χ0v) is 16.4. The molecule has 1 heterocycles. The molecule has 2 rings (SSSR count). The van der Waals surface area contributed by atoms with Gasteiger partial charge in [0, 0.05) is 43.0 Å². The highest BCUT2D eigenvalue weighted by atomic mass is 32.2. The van der Waals surface area contributed by atoms with E-state index in [0.717, 1.165) is 5.69 Å². The summed E-state index contributed by atoms with van der Waals surface area (Å²) in [4.78, 5) is 18.5. The van der Waals surface area contributed by atoms with Crippen molar-refractivity contribution in [3.63, 3.8) is 0 Å². The quantitative estimate of drug-likeness (QED) is 0.841. The SMILES string of the molecule is CN(CCc1ccccn1)C(=O)c1ccc(S(=O)(=O)NC(C)(C)C)cc1. The standard InChI is InChI=1S/C19H25N3O3S/c1-19(2,3)21-26(24,25)17-10-8-15(9-11-17)18(23)22(4)14-12-16-7-5-6-13-20-16/h5-11,13,21H,12,14H2,1-4H3. The number of amides is 1. The Hall–Kier alpha value is -2.25. The zero-order valence-electron chi connectivity index (χ0n) is 15.6. The van der Waals surface area contributed by atoms with Crippen LogP contribution in [-0.4, -0.2) is 43.3 Å². The lowest BCUT2D eigenvalue weighted by Crippen LogP contribution is -2.40. The Morgan fingerprint density at radius 2 is 1.77 bits per heavy atom. The minimum Gasteiger partial charge on any atom is -0.341 e. The van der Waals surface area contributed by atoms with Crippen LogP contribution in [0.5, 0.6) is 0 Å². The van der Waals surface area contributed by atoms with E-state index in [1.807, 2.05) is 18.2 Å². The lowest BCUT2D eigenvalue weighted by atomic mass is 10.1. The first-order valence-corrected chi connectivity index (χ1v) is 9.86. The third-order valence-electron chi connectivity index (χ3n) is 3.63. The van der Waals surface area contributed by atoms with Crippen molar-refractivity contribution in [1.29, 1.82) is 0 Å². The molecule has 0 radical (unpaired) electrons. The number of hydrogen-bond donors (Lipinski definition) is 1. The molecule has 0 fully saturated rings. The van der Waals surface area contributed by atoms with E-state index >= 15 is 0 Å². The van der Waals surface area contributed by atoms with E-state index in [0.29, 0.717) is 18.5 Å². The van der Waals surface area contributed by atoms with Gasteiger partial charge in [0.2, 0.25) is 10.0 Å². The van der Waals surface area contributed by atoms with Gasteiger partial charge in [-0.1, -0.05) is 6.07 Å². The van der Waals surface area contributed by atoms with E-state index in [1.165, 1.54) is 24.3 Å². The summed E-state index contributed by atoms with van der Waals surface area (Å²) >= 11 is 0. The first kappa shape index (κ1) is 20.1. The number of rotatable bonds is 6. The van der Waals surface area contributed by atoms with Gasteiger partial charge in [0.05, 0.1) is 4.90 Å². The average Bonchev–Trinajstić information content (AvgIpc) is 2.58. The van der Waals surface area contributed by atoms with Crippen molar-refractivity contribution < 1.29 is 13.2 Å². The molecular weight excluding hydrogens is 350 g/mol. The average molecular weight is 375 g/mol. The van der Waals surface area contributed by atoms with E-state index in [9.17, 15) is 13.2 Å². The molecule has 0 aliphatic carbocycles. The Morgan fingerprint density at radius 3 is 2.31 bits per heavy atom. The van der Waals surface area contributed by atoms with Crippen LogP contribution < -0.4 is 4.72 Å². The second kappa shape index (κ2) is 7.97. The summed E-state index contributed by atoms with van der Waals surface area (Å²) in [5.41, 5.74) is 0.795. The molecule has 0 unspecified atom stereocenters. The fourth-order valence-electron chi connectivity index (χ4n) is 2.39. The predicted octanol–water partition coefficient (Wildman–Crippen LogP) is 2.47. The highest BCUT2D eigenvalue weighted by molar-refractivity contribution is 7.89. The Morgan fingerprint density at radius 1 is 1.12 bits per heavy atom. The van der Waals surface area contributed by atoms with Crippen LogP contribution in [0.2, 0.25) is 0 Å². The Bertz CT molecular complexity index is 842. The number of carbonyl (C=O) groups is 1. The van der Waals surface area contributed by atoms with Crippen LogP contribution >= 0.6 is 0 Å². The number of pyridine rings is 1. The molecule has 0 saturated heterocycles. The van der Waals surface area contributed by atoms with Crippen molar-refractivity contribution in [2.24, 2.45) is 0 Å². The minimum absolute atomic E-state index is 0.139. The van der Waals surface area contributed by atoms with Gasteiger partial charge in [0.1, 0.15) is 0 Å². The van der Waals surface area contributed by atoms with E-state index in [2.05, 4.69) is 9.71 Å². The Kier molecular flexibility index (Phi) is 6.15. The number of carbonyl (C=O) groups excluding carboxylic acids is 1. The largest absolute Gasteiger partial charge is 0.341 e. The van der Waals surface area contributed by atoms with E-state index in [-0.39, 0.29) is 10.8 Å². The van der Waals surface area contributed by atoms with E-state index in [1.54, 1.807) is 38.9 Å². The third kappa shape index (κ3) is 5.64. The summed E-state index contributed by atoms with van der Waals surface area (Å²) in [6.07, 6.45) is 2.38. The molecule has 0 spiro atoms. The third-order valence-corrected chi connectivity index (χ3v) is 5.40. The highest BCUT2D eigenvalue weighted by Crippen LogP contribution is 2.15. The van der Waals surface area contributed by atoms with Crippen molar-refractivity contribution in [2.45, 2.75) is 37.6 Å². The number of nitrogens with one attached hydrogen (secondary N) is 1. The number of sulfonamides is 1. The normalized spacial score (nSPS) is 12.0. The van der Waals surface area contributed by atoms with Gasteiger partial charge in [0.15, 0.2) is 0 Å². The Labute approximate surface area is 155 Å². The molecule has 6 nitrogen and oxygen atoms in total. The molecule has 140 valence electrons. The first-order valence-electron chi connectivity index (χ1n) is 8.38. The summed E-state index contributed by atoms with van der Waals surface area (Å²) in [6, 6.07) is 11.7. The lowest BCUT2D eigenvalue weighted by molar-refractivity contribution is 0.0796. The molecule has 7 heteroatoms. The number of likely N-dealkylation sites (N-methyl/N-ethyl adjacent to an activating group) is 1. The van der Waals surface area contributed by atoms with Crippen LogP contribution in [0.25, 0.3) is 0 Å². The summed E-state index contributed by atoms with van der Waals surface area (Å²) in [7, 11) is -1.89. The van der Waals surface area contributed by atoms with E-state index in [4.69, 9.17) is 0 Å². The van der Waals surface area contributed by atoms with Crippen LogP contribution in [0.15, 0.2) is 53.6 Å². The maximum Gasteiger partial charge on any atom is 0.253 e. The maximum absolute atomic E-state index is 12.5. The molecule has 26 heavy (non-hydrogen) atoms. The molecule has 0 aliphatic heterocycles. The summed E-state index contributed by atoms with van der Waals surface area (Å²) in [5, 5.41) is 0. The summed E-state index contributed by atoms with van der Waals surface area (Å²) in [5.74, 6) is -0.159. The monoisotopic (exact) mass is 375 g/mol. The fourth-order valence-corrected chi connectivity index (χ4v) is 3.81. The van der Waals surface area contributed by atoms with Gasteiger partial charge in [-0.25, -0.2) is 13.1 Å². The summed E-state index contributed by atoms with van der Waals surface area (Å²) < 4.78 is 27.2. The van der Waals surface area contributed by atoms with Gasteiger partial charge >= 0.3 is 0 Å². The first-order chi connectivity index (χ1) is 12.1. The van der Waals surface area contributed by atoms with Crippen molar-refractivity contribution in [3.05, 3.63) is 59.9 Å². The van der Waals surface area contributed by atoms with Crippen molar-refractivity contribution >= 4 is 15.9 Å².